The third-order valence-corrected chi connectivity index (χ3v) is 6.99. The van der Waals surface area contributed by atoms with Crippen LogP contribution in [0.25, 0.3) is 6.08 Å². The molecule has 0 fully saturated rings. The van der Waals surface area contributed by atoms with Gasteiger partial charge in [-0.1, -0.05) is 0 Å². The fraction of sp³-hybridized carbons (Fsp3) is 0.455. The van der Waals surface area contributed by atoms with Gasteiger partial charge in [-0.15, -0.1) is 0 Å². The Morgan fingerprint density at radius 2 is 1.71 bits per heavy atom. The predicted octanol–water partition coefficient (Wildman–Crippen LogP) is 4.52. The summed E-state index contributed by atoms with van der Waals surface area (Å²) < 4.78 is 11.0. The summed E-state index contributed by atoms with van der Waals surface area (Å²) in [6, 6.07) is 10.1. The average molecular weight is 394 g/mol. The lowest BCUT2D eigenvalue weighted by molar-refractivity contribution is -0.120. The van der Waals surface area contributed by atoms with Gasteiger partial charge in [-0.05, 0) is 76.8 Å². The molecule has 4 rings (SSSR count). The van der Waals surface area contributed by atoms with Crippen LogP contribution in [0.3, 0.4) is 0 Å². The van der Waals surface area contributed by atoms with Crippen LogP contribution in [0.5, 0.6) is 0 Å². The summed E-state index contributed by atoms with van der Waals surface area (Å²) in [5, 5.41) is 10.6. The minimum Gasteiger partial charge on any atom is -0.397 e. The molecular weight excluding hydrogens is 366 g/mol. The summed E-state index contributed by atoms with van der Waals surface area (Å²) in [7, 11) is -2.11. The van der Waals surface area contributed by atoms with Crippen molar-refractivity contribution in [1.29, 1.82) is 5.26 Å². The number of ketones is 1. The summed E-state index contributed by atoms with van der Waals surface area (Å²) in [5.74, 6) is -0.428. The molecule has 0 radical (unpaired) electrons. The first-order chi connectivity index (χ1) is 13.1. The maximum atomic E-state index is 13.3. The molecule has 5 nitrogen and oxygen atoms in total. The third kappa shape index (κ3) is 2.50. The normalized spacial score (nSPS) is 28.9. The molecule has 4 heterocycles. The Labute approximate surface area is 167 Å². The van der Waals surface area contributed by atoms with Crippen LogP contribution in [-0.2, 0) is 9.22 Å². The number of hydrogen-bond donors (Lipinski definition) is 0. The van der Waals surface area contributed by atoms with E-state index >= 15 is 0 Å². The van der Waals surface area contributed by atoms with Gasteiger partial charge in [-0.2, -0.15) is 5.26 Å². The molecule has 28 heavy (non-hydrogen) atoms. The third-order valence-electron chi connectivity index (χ3n) is 6.04. The van der Waals surface area contributed by atoms with Crippen LogP contribution in [0.1, 0.15) is 47.7 Å². The molecule has 0 aliphatic carbocycles. The summed E-state index contributed by atoms with van der Waals surface area (Å²) in [6.07, 6.45) is 3.53. The van der Waals surface area contributed by atoms with Gasteiger partial charge in [0.2, 0.25) is 0 Å². The summed E-state index contributed by atoms with van der Waals surface area (Å²) >= 11 is 0. The van der Waals surface area contributed by atoms with E-state index in [1.54, 1.807) is 6.08 Å². The number of nitrogens with zero attached hydrogens (tertiary/aromatic N) is 3. The molecule has 2 aromatic rings. The molecule has 0 bridgehead atoms. The van der Waals surface area contributed by atoms with Crippen LogP contribution in [0.2, 0.25) is 19.6 Å². The second-order valence-electron chi connectivity index (χ2n) is 8.99. The van der Waals surface area contributed by atoms with Crippen molar-refractivity contribution in [3.8, 4) is 6.07 Å². The van der Waals surface area contributed by atoms with Crippen LogP contribution in [0.4, 0.5) is 0 Å². The van der Waals surface area contributed by atoms with Gasteiger partial charge in [-0.25, -0.2) is 0 Å². The van der Waals surface area contributed by atoms with Crippen molar-refractivity contribution in [2.45, 2.75) is 64.0 Å². The van der Waals surface area contributed by atoms with Gasteiger partial charge in [0.1, 0.15) is 6.07 Å². The minimum atomic E-state index is -2.11. The maximum absolute atomic E-state index is 13.3. The molecule has 0 N–H and O–H groups in total. The van der Waals surface area contributed by atoms with Crippen LogP contribution in [-0.4, -0.2) is 28.8 Å². The number of carbonyl (C=O) groups is 1. The topological polar surface area (TPSA) is 60.0 Å². The molecule has 0 amide bonds. The summed E-state index contributed by atoms with van der Waals surface area (Å²) in [5.41, 5.74) is 2.86. The molecule has 0 unspecified atom stereocenters. The van der Waals surface area contributed by atoms with Gasteiger partial charge in [-0.3, -0.25) is 4.79 Å². The number of carbonyl (C=O) groups excluding carboxylic acids is 1. The molecule has 0 saturated heterocycles. The number of nitriles is 1. The Kier molecular flexibility index (Phi) is 4.11. The SMILES string of the molecule is Cc1ccc2n1[C@@H](C)[C@@](C#N)(O[Si](C)(C)C)[C@@H]1[C@H]2C(=O)C=Cc2ccc(C)n21. The van der Waals surface area contributed by atoms with Crippen molar-refractivity contribution in [2.75, 3.05) is 0 Å². The highest BCUT2D eigenvalue weighted by molar-refractivity contribution is 6.69. The van der Waals surface area contributed by atoms with E-state index in [2.05, 4.69) is 41.8 Å². The molecule has 2 aliphatic heterocycles. The lowest BCUT2D eigenvalue weighted by atomic mass is 9.74. The minimum absolute atomic E-state index is 0.0261. The Bertz CT molecular complexity index is 1030. The molecule has 0 aromatic carbocycles. The standard InChI is InChI=1S/C22H27N3O2Si/c1-14-8-11-18-20-19(26)12-10-17-9-7-15(2)25(17)21(20)22(13-23,16(3)24(14)18)27-28(4,5)6/h7-12,16,20-21H,1-6H3/t16-,20+,21-,22+/m0/s1. The second kappa shape index (κ2) is 6.07. The molecular formula is C22H27N3O2Si. The molecule has 2 aliphatic rings. The van der Waals surface area contributed by atoms with Crippen molar-refractivity contribution in [1.82, 2.24) is 9.13 Å². The Morgan fingerprint density at radius 1 is 1.07 bits per heavy atom. The van der Waals surface area contributed by atoms with Crippen LogP contribution in [0, 0.1) is 25.2 Å². The van der Waals surface area contributed by atoms with Crippen LogP contribution in [0.15, 0.2) is 30.3 Å². The number of rotatable bonds is 2. The van der Waals surface area contributed by atoms with Gasteiger partial charge in [0.25, 0.3) is 0 Å². The highest BCUT2D eigenvalue weighted by Gasteiger charge is 2.59. The first-order valence-electron chi connectivity index (χ1n) is 9.79. The van der Waals surface area contributed by atoms with Crippen molar-refractivity contribution >= 4 is 20.2 Å². The number of aryl methyl sites for hydroxylation is 2. The fourth-order valence-corrected chi connectivity index (χ4v) is 6.39. The van der Waals surface area contributed by atoms with E-state index in [-0.39, 0.29) is 11.8 Å². The van der Waals surface area contributed by atoms with Gasteiger partial charge < -0.3 is 13.6 Å². The molecule has 0 spiro atoms. The molecule has 4 atom stereocenters. The molecule has 6 heteroatoms. The summed E-state index contributed by atoms with van der Waals surface area (Å²) in [6.45, 7) is 12.4. The highest BCUT2D eigenvalue weighted by atomic mass is 28.4. The van der Waals surface area contributed by atoms with E-state index in [9.17, 15) is 10.1 Å². The first kappa shape index (κ1) is 19.0. The van der Waals surface area contributed by atoms with E-state index in [4.69, 9.17) is 4.43 Å². The first-order valence-corrected chi connectivity index (χ1v) is 13.2. The van der Waals surface area contributed by atoms with E-state index in [1.807, 2.05) is 44.2 Å². The van der Waals surface area contributed by atoms with Gasteiger partial charge in [0, 0.05) is 22.8 Å². The van der Waals surface area contributed by atoms with Crippen molar-refractivity contribution in [3.05, 3.63) is 53.1 Å². The fourth-order valence-electron chi connectivity index (χ4n) is 5.04. The number of hydrogen-bond acceptors (Lipinski definition) is 3. The van der Waals surface area contributed by atoms with Gasteiger partial charge >= 0.3 is 0 Å². The monoisotopic (exact) mass is 393 g/mol. The van der Waals surface area contributed by atoms with Crippen molar-refractivity contribution in [3.63, 3.8) is 0 Å². The van der Waals surface area contributed by atoms with E-state index in [0.717, 1.165) is 22.8 Å². The maximum Gasteiger partial charge on any atom is 0.186 e. The Balaban J connectivity index is 2.10. The van der Waals surface area contributed by atoms with Crippen molar-refractivity contribution < 1.29 is 9.22 Å². The Morgan fingerprint density at radius 3 is 2.36 bits per heavy atom. The summed E-state index contributed by atoms with van der Waals surface area (Å²) in [4.78, 5) is 13.3. The van der Waals surface area contributed by atoms with E-state index in [1.165, 1.54) is 0 Å². The lowest BCUT2D eigenvalue weighted by Gasteiger charge is -2.51. The van der Waals surface area contributed by atoms with E-state index in [0.29, 0.717) is 0 Å². The van der Waals surface area contributed by atoms with Crippen molar-refractivity contribution in [2.24, 2.45) is 0 Å². The zero-order chi connectivity index (χ0) is 20.4. The quantitative estimate of drug-likeness (QED) is 0.705. The molecule has 0 saturated carbocycles. The number of fused-ring (bicyclic) bond motifs is 5. The van der Waals surface area contributed by atoms with Crippen LogP contribution >= 0.6 is 0 Å². The Hall–Kier alpha value is -2.36. The van der Waals surface area contributed by atoms with Gasteiger partial charge in [0.15, 0.2) is 19.7 Å². The number of allylic oxidation sites excluding steroid dienone is 1. The molecule has 146 valence electrons. The molecule has 2 aromatic heterocycles. The largest absolute Gasteiger partial charge is 0.397 e. The highest BCUT2D eigenvalue weighted by Crippen LogP contribution is 2.53. The lowest BCUT2D eigenvalue weighted by Crippen LogP contribution is -2.58. The smallest absolute Gasteiger partial charge is 0.186 e. The average Bonchev–Trinajstić information content (AvgIpc) is 3.12. The van der Waals surface area contributed by atoms with E-state index < -0.39 is 25.9 Å². The zero-order valence-corrected chi connectivity index (χ0v) is 18.4. The predicted molar refractivity (Wildman–Crippen MR) is 112 cm³/mol. The zero-order valence-electron chi connectivity index (χ0n) is 17.4. The van der Waals surface area contributed by atoms with Crippen LogP contribution < -0.4 is 0 Å². The second-order valence-corrected chi connectivity index (χ2v) is 13.4. The number of aromatic nitrogens is 2. The van der Waals surface area contributed by atoms with Gasteiger partial charge in [0.05, 0.1) is 18.0 Å².